The van der Waals surface area contributed by atoms with Crippen molar-refractivity contribution in [3.8, 4) is 16.9 Å². The molecule has 0 radical (unpaired) electrons. The van der Waals surface area contributed by atoms with Crippen LogP contribution in [-0.4, -0.2) is 56.3 Å². The number of amides is 1. The fourth-order valence-corrected chi connectivity index (χ4v) is 5.75. The highest BCUT2D eigenvalue weighted by Crippen LogP contribution is 2.37. The number of rotatable bonds is 4. The van der Waals surface area contributed by atoms with Gasteiger partial charge in [-0.3, -0.25) is 4.79 Å². The number of para-hydroxylation sites is 1. The normalized spacial score (nSPS) is 18.2. The summed E-state index contributed by atoms with van der Waals surface area (Å²) >= 11 is 6.92. The summed E-state index contributed by atoms with van der Waals surface area (Å²) in [6.07, 6.45) is 3.90. The summed E-state index contributed by atoms with van der Waals surface area (Å²) < 4.78 is 7.85. The molecule has 6 nitrogen and oxygen atoms in total. The van der Waals surface area contributed by atoms with Gasteiger partial charge in [-0.15, -0.1) is 0 Å². The van der Waals surface area contributed by atoms with Crippen molar-refractivity contribution in [2.24, 2.45) is 0 Å². The Morgan fingerprint density at radius 2 is 1.69 bits per heavy atom. The molecule has 0 atom stereocenters. The molecular weight excluding hydrogens is 476 g/mol. The zero-order valence-electron chi connectivity index (χ0n) is 18.8. The molecule has 174 valence electrons. The van der Waals surface area contributed by atoms with Crippen LogP contribution in [0.3, 0.4) is 0 Å². The van der Waals surface area contributed by atoms with Gasteiger partial charge in [0.25, 0.3) is 5.91 Å². The van der Waals surface area contributed by atoms with Gasteiger partial charge in [0.1, 0.15) is 5.69 Å². The van der Waals surface area contributed by atoms with Crippen LogP contribution in [0.1, 0.15) is 5.56 Å². The van der Waals surface area contributed by atoms with Crippen molar-refractivity contribution in [2.75, 3.05) is 26.3 Å². The molecule has 0 spiro atoms. The Labute approximate surface area is 212 Å². The molecule has 1 amide bonds. The molecule has 0 bridgehead atoms. The molecule has 1 aromatic heterocycles. The van der Waals surface area contributed by atoms with Crippen molar-refractivity contribution in [1.29, 1.82) is 0 Å². The molecule has 0 aliphatic carbocycles. The van der Waals surface area contributed by atoms with Gasteiger partial charge in [-0.05, 0) is 29.0 Å². The summed E-state index contributed by atoms with van der Waals surface area (Å²) in [5.41, 5.74) is 3.66. The summed E-state index contributed by atoms with van der Waals surface area (Å²) in [6.45, 7) is 2.47. The molecule has 8 heteroatoms. The summed E-state index contributed by atoms with van der Waals surface area (Å²) in [5, 5.41) is 10.8. The van der Waals surface area contributed by atoms with E-state index in [-0.39, 0.29) is 5.91 Å². The van der Waals surface area contributed by atoms with E-state index in [1.54, 1.807) is 5.01 Å². The molecule has 2 fully saturated rings. The average Bonchev–Trinajstić information content (AvgIpc) is 3.45. The quantitative estimate of drug-likeness (QED) is 0.287. The third-order valence-electron chi connectivity index (χ3n) is 6.14. The van der Waals surface area contributed by atoms with Gasteiger partial charge in [0.05, 0.1) is 23.8 Å². The highest BCUT2D eigenvalue weighted by molar-refractivity contribution is 8.26. The third kappa shape index (κ3) is 4.19. The van der Waals surface area contributed by atoms with E-state index in [0.29, 0.717) is 35.5 Å². The number of thiocarbonyl (C=S) groups is 1. The number of ether oxygens (including phenoxy) is 1. The highest BCUT2D eigenvalue weighted by atomic mass is 32.2. The first kappa shape index (κ1) is 22.2. The minimum Gasteiger partial charge on any atom is -0.379 e. The van der Waals surface area contributed by atoms with Gasteiger partial charge in [-0.2, -0.15) is 5.10 Å². The monoisotopic (exact) mass is 498 g/mol. The third-order valence-corrected chi connectivity index (χ3v) is 7.42. The summed E-state index contributed by atoms with van der Waals surface area (Å²) in [5.74, 6) is -0.0989. The first-order chi connectivity index (χ1) is 17.2. The Kier molecular flexibility index (Phi) is 5.95. The Bertz CT molecular complexity index is 1450. The first-order valence-electron chi connectivity index (χ1n) is 11.4. The standard InChI is InChI=1S/C27H22N4O2S2/c32-26-24(35-27(34)31(26)29-13-15-33-16-14-29)17-20-18-30(21-9-2-1-3-10-21)28-25(20)23-12-6-8-19-7-4-5-11-22(19)23/h1-12,17-18H,13-16H2/b24-17-. The van der Waals surface area contributed by atoms with E-state index in [1.165, 1.54) is 11.8 Å². The van der Waals surface area contributed by atoms with Gasteiger partial charge in [-0.25, -0.2) is 14.7 Å². The second kappa shape index (κ2) is 9.39. The Hall–Kier alpha value is -3.30. The number of hydrogen-bond donors (Lipinski definition) is 0. The van der Waals surface area contributed by atoms with E-state index in [1.807, 2.05) is 70.5 Å². The Morgan fingerprint density at radius 1 is 0.943 bits per heavy atom. The van der Waals surface area contributed by atoms with Crippen LogP contribution in [0.5, 0.6) is 0 Å². The number of fused-ring (bicyclic) bond motifs is 1. The molecular formula is C27H22N4O2S2. The average molecular weight is 499 g/mol. The van der Waals surface area contributed by atoms with Gasteiger partial charge in [0, 0.05) is 30.4 Å². The number of hydrazine groups is 1. The first-order valence-corrected chi connectivity index (χ1v) is 12.7. The van der Waals surface area contributed by atoms with Crippen LogP contribution in [0.15, 0.2) is 83.9 Å². The number of morpholine rings is 1. The van der Waals surface area contributed by atoms with E-state index < -0.39 is 0 Å². The van der Waals surface area contributed by atoms with Crippen LogP contribution in [0, 0.1) is 0 Å². The number of carbonyl (C=O) groups excluding carboxylic acids is 1. The SMILES string of the molecule is O=C1/C(=C/c2cn(-c3ccccc3)nc2-c2cccc3ccccc23)SC(=S)N1N1CCOCC1. The predicted octanol–water partition coefficient (Wildman–Crippen LogP) is 5.14. The molecule has 0 unspecified atom stereocenters. The van der Waals surface area contributed by atoms with E-state index in [4.69, 9.17) is 22.1 Å². The number of thioether (sulfide) groups is 1. The number of hydrogen-bond acceptors (Lipinski definition) is 6. The van der Waals surface area contributed by atoms with Crippen LogP contribution >= 0.6 is 24.0 Å². The Morgan fingerprint density at radius 3 is 2.51 bits per heavy atom. The molecule has 2 aliphatic heterocycles. The number of benzene rings is 3. The molecule has 4 aromatic rings. The second-order valence-corrected chi connectivity index (χ2v) is 9.98. The van der Waals surface area contributed by atoms with E-state index in [9.17, 15) is 4.79 Å². The van der Waals surface area contributed by atoms with Crippen molar-refractivity contribution in [3.63, 3.8) is 0 Å². The maximum atomic E-state index is 13.4. The fraction of sp³-hybridized carbons (Fsp3) is 0.148. The Balaban J connectivity index is 1.46. The summed E-state index contributed by atoms with van der Waals surface area (Å²) in [7, 11) is 0. The topological polar surface area (TPSA) is 50.6 Å². The largest absolute Gasteiger partial charge is 0.379 e. The van der Waals surface area contributed by atoms with Gasteiger partial charge in [0.2, 0.25) is 0 Å². The van der Waals surface area contributed by atoms with Crippen LogP contribution in [0.2, 0.25) is 0 Å². The lowest BCUT2D eigenvalue weighted by Gasteiger charge is -2.33. The smallest absolute Gasteiger partial charge is 0.280 e. The molecule has 3 aromatic carbocycles. The predicted molar refractivity (Wildman–Crippen MR) is 144 cm³/mol. The maximum Gasteiger partial charge on any atom is 0.280 e. The summed E-state index contributed by atoms with van der Waals surface area (Å²) in [6, 6.07) is 24.5. The maximum absolute atomic E-state index is 13.4. The van der Waals surface area contributed by atoms with Crippen molar-refractivity contribution in [3.05, 3.63) is 89.5 Å². The zero-order chi connectivity index (χ0) is 23.8. The molecule has 0 N–H and O–H groups in total. The van der Waals surface area contributed by atoms with Gasteiger partial charge in [-0.1, -0.05) is 84.6 Å². The highest BCUT2D eigenvalue weighted by Gasteiger charge is 2.37. The lowest BCUT2D eigenvalue weighted by molar-refractivity contribution is -0.138. The molecule has 3 heterocycles. The minimum atomic E-state index is -0.0989. The van der Waals surface area contributed by atoms with Gasteiger partial charge >= 0.3 is 0 Å². The second-order valence-electron chi connectivity index (χ2n) is 8.30. The number of aromatic nitrogens is 2. The lowest BCUT2D eigenvalue weighted by atomic mass is 10.00. The molecule has 0 saturated carbocycles. The van der Waals surface area contributed by atoms with Gasteiger partial charge < -0.3 is 4.74 Å². The molecule has 6 rings (SSSR count). The minimum absolute atomic E-state index is 0.0989. The van der Waals surface area contributed by atoms with Crippen molar-refractivity contribution < 1.29 is 9.53 Å². The number of nitrogens with zero attached hydrogens (tertiary/aromatic N) is 4. The van der Waals surface area contributed by atoms with E-state index >= 15 is 0 Å². The van der Waals surface area contributed by atoms with Crippen LogP contribution in [-0.2, 0) is 9.53 Å². The fourth-order valence-electron chi connectivity index (χ4n) is 4.45. The molecule has 35 heavy (non-hydrogen) atoms. The molecule has 2 saturated heterocycles. The van der Waals surface area contributed by atoms with Crippen molar-refractivity contribution >= 4 is 51.1 Å². The van der Waals surface area contributed by atoms with Gasteiger partial charge in [0.15, 0.2) is 4.32 Å². The van der Waals surface area contributed by atoms with E-state index in [2.05, 4.69) is 24.3 Å². The van der Waals surface area contributed by atoms with Crippen LogP contribution < -0.4 is 0 Å². The lowest BCUT2D eigenvalue weighted by Crippen LogP contribution is -2.50. The number of carbonyl (C=O) groups is 1. The van der Waals surface area contributed by atoms with Crippen molar-refractivity contribution in [1.82, 2.24) is 19.8 Å². The van der Waals surface area contributed by atoms with E-state index in [0.717, 1.165) is 33.3 Å². The van der Waals surface area contributed by atoms with Crippen LogP contribution in [0.25, 0.3) is 33.8 Å². The van der Waals surface area contributed by atoms with Crippen LogP contribution in [0.4, 0.5) is 0 Å². The molecule has 2 aliphatic rings. The summed E-state index contributed by atoms with van der Waals surface area (Å²) in [4.78, 5) is 14.0. The zero-order valence-corrected chi connectivity index (χ0v) is 20.5. The van der Waals surface area contributed by atoms with Crippen molar-refractivity contribution in [2.45, 2.75) is 0 Å².